The Bertz CT molecular complexity index is 540. The lowest BCUT2D eigenvalue weighted by atomic mass is 9.88. The molecule has 0 aliphatic carbocycles. The van der Waals surface area contributed by atoms with Gasteiger partial charge in [0, 0.05) is 24.6 Å². The number of likely N-dealkylation sites (tertiary alicyclic amines) is 1. The number of carbonyl (C=O) groups is 2. The van der Waals surface area contributed by atoms with E-state index in [1.807, 2.05) is 13.8 Å². The van der Waals surface area contributed by atoms with Crippen LogP contribution >= 0.6 is 12.4 Å². The van der Waals surface area contributed by atoms with Gasteiger partial charge in [-0.3, -0.25) is 9.59 Å². The Morgan fingerprint density at radius 3 is 2.17 bits per heavy atom. The van der Waals surface area contributed by atoms with Gasteiger partial charge >= 0.3 is 0 Å². The molecule has 6 heteroatoms. The Morgan fingerprint density at radius 1 is 1.17 bits per heavy atom. The summed E-state index contributed by atoms with van der Waals surface area (Å²) in [7, 11) is 0. The van der Waals surface area contributed by atoms with Gasteiger partial charge in [-0.05, 0) is 43.0 Å². The molecular weight excluding hydrogens is 319 g/mol. The van der Waals surface area contributed by atoms with Gasteiger partial charge in [-0.15, -0.1) is 12.4 Å². The number of Topliss-reactive ketones (excluding diaryl/α,β-unsaturated/α-hetero) is 1. The summed E-state index contributed by atoms with van der Waals surface area (Å²) in [4.78, 5) is 26.3. The molecule has 1 heterocycles. The molecule has 0 radical (unpaired) electrons. The van der Waals surface area contributed by atoms with Gasteiger partial charge in [0.15, 0.2) is 5.78 Å². The van der Waals surface area contributed by atoms with Crippen molar-refractivity contribution >= 4 is 24.1 Å². The minimum Gasteiger partial charge on any atom is -0.341 e. The summed E-state index contributed by atoms with van der Waals surface area (Å²) in [6, 6.07) is 5.15. The van der Waals surface area contributed by atoms with Crippen molar-refractivity contribution < 1.29 is 14.0 Å². The number of amides is 1. The van der Waals surface area contributed by atoms with E-state index in [1.54, 1.807) is 4.90 Å². The maximum absolute atomic E-state index is 12.9. The van der Waals surface area contributed by atoms with Crippen molar-refractivity contribution in [2.24, 2.45) is 17.6 Å². The van der Waals surface area contributed by atoms with Crippen molar-refractivity contribution in [1.82, 2.24) is 4.90 Å². The predicted octanol–water partition coefficient (Wildman–Crippen LogP) is 2.65. The summed E-state index contributed by atoms with van der Waals surface area (Å²) in [6.07, 6.45) is 1.26. The number of hydrogen-bond acceptors (Lipinski definition) is 3. The van der Waals surface area contributed by atoms with Crippen molar-refractivity contribution in [1.29, 1.82) is 0 Å². The first-order valence-corrected chi connectivity index (χ1v) is 7.74. The molecule has 1 aliphatic heterocycles. The summed E-state index contributed by atoms with van der Waals surface area (Å²) in [6.45, 7) is 4.95. The molecule has 128 valence electrons. The number of carbonyl (C=O) groups excluding carboxylic acids is 2. The molecule has 0 spiro atoms. The van der Waals surface area contributed by atoms with E-state index in [-0.39, 0.29) is 41.8 Å². The smallest absolute Gasteiger partial charge is 0.239 e. The van der Waals surface area contributed by atoms with Crippen molar-refractivity contribution in [3.8, 4) is 0 Å². The second kappa shape index (κ2) is 8.41. The fourth-order valence-corrected chi connectivity index (χ4v) is 2.71. The average Bonchev–Trinajstić information content (AvgIpc) is 2.53. The van der Waals surface area contributed by atoms with Crippen LogP contribution in [0.1, 0.15) is 37.0 Å². The molecule has 0 aromatic heterocycles. The standard InChI is InChI=1S/C17H23FN2O2.ClH/c1-11(2)15(19)17(22)20-9-7-13(8-10-20)16(21)12-3-5-14(18)6-4-12;/h3-6,11,13,15H,7-10,19H2,1-2H3;1H/t15-;/m1./s1. The van der Waals surface area contributed by atoms with Crippen molar-refractivity contribution in [2.75, 3.05) is 13.1 Å². The molecule has 0 saturated carbocycles. The molecule has 2 rings (SSSR count). The van der Waals surface area contributed by atoms with E-state index in [0.717, 1.165) is 0 Å². The molecule has 1 atom stereocenters. The number of benzene rings is 1. The van der Waals surface area contributed by atoms with E-state index < -0.39 is 6.04 Å². The highest BCUT2D eigenvalue weighted by Crippen LogP contribution is 2.22. The van der Waals surface area contributed by atoms with Gasteiger partial charge in [0.2, 0.25) is 5.91 Å². The van der Waals surface area contributed by atoms with Gasteiger partial charge in [0.05, 0.1) is 6.04 Å². The number of rotatable bonds is 4. The van der Waals surface area contributed by atoms with Gasteiger partial charge in [-0.2, -0.15) is 0 Å². The number of ketones is 1. The largest absolute Gasteiger partial charge is 0.341 e. The molecule has 1 aliphatic rings. The van der Waals surface area contributed by atoms with Crippen LogP contribution in [-0.2, 0) is 4.79 Å². The van der Waals surface area contributed by atoms with Crippen LogP contribution in [0.25, 0.3) is 0 Å². The van der Waals surface area contributed by atoms with Crippen molar-refractivity contribution in [3.05, 3.63) is 35.6 Å². The SMILES string of the molecule is CC(C)[C@@H](N)C(=O)N1CCC(C(=O)c2ccc(F)cc2)CC1.Cl. The summed E-state index contributed by atoms with van der Waals surface area (Å²) < 4.78 is 12.9. The van der Waals surface area contributed by atoms with Crippen molar-refractivity contribution in [3.63, 3.8) is 0 Å². The molecule has 2 N–H and O–H groups in total. The maximum Gasteiger partial charge on any atom is 0.239 e. The van der Waals surface area contributed by atoms with Gasteiger partial charge in [-0.25, -0.2) is 4.39 Å². The molecule has 1 aromatic rings. The number of nitrogens with two attached hydrogens (primary N) is 1. The fourth-order valence-electron chi connectivity index (χ4n) is 2.71. The van der Waals surface area contributed by atoms with Gasteiger partial charge in [0.1, 0.15) is 5.82 Å². The fraction of sp³-hybridized carbons (Fsp3) is 0.529. The lowest BCUT2D eigenvalue weighted by Crippen LogP contribution is -2.49. The highest BCUT2D eigenvalue weighted by molar-refractivity contribution is 5.98. The third kappa shape index (κ3) is 4.75. The summed E-state index contributed by atoms with van der Waals surface area (Å²) in [5.74, 6) is -0.363. The highest BCUT2D eigenvalue weighted by Gasteiger charge is 2.30. The van der Waals surface area contributed by atoms with Gasteiger partial charge in [-0.1, -0.05) is 13.8 Å². The van der Waals surface area contributed by atoms with Gasteiger partial charge < -0.3 is 10.6 Å². The van der Waals surface area contributed by atoms with Crippen LogP contribution < -0.4 is 5.73 Å². The number of halogens is 2. The summed E-state index contributed by atoms with van der Waals surface area (Å²) >= 11 is 0. The molecule has 1 amide bonds. The molecule has 0 unspecified atom stereocenters. The topological polar surface area (TPSA) is 63.4 Å². The lowest BCUT2D eigenvalue weighted by Gasteiger charge is -2.33. The zero-order valence-corrected chi connectivity index (χ0v) is 14.3. The minimum absolute atomic E-state index is 0. The lowest BCUT2D eigenvalue weighted by molar-refractivity contribution is -0.134. The Kier molecular flexibility index (Phi) is 7.16. The quantitative estimate of drug-likeness (QED) is 0.855. The third-order valence-corrected chi connectivity index (χ3v) is 4.31. The van der Waals surface area contributed by atoms with Gasteiger partial charge in [0.25, 0.3) is 0 Å². The first-order valence-electron chi connectivity index (χ1n) is 7.74. The third-order valence-electron chi connectivity index (χ3n) is 4.31. The molecule has 0 bridgehead atoms. The molecule has 1 aromatic carbocycles. The monoisotopic (exact) mass is 342 g/mol. The minimum atomic E-state index is -0.482. The van der Waals surface area contributed by atoms with E-state index in [4.69, 9.17) is 5.73 Å². The second-order valence-corrected chi connectivity index (χ2v) is 6.24. The highest BCUT2D eigenvalue weighted by atomic mass is 35.5. The van der Waals surface area contributed by atoms with E-state index in [2.05, 4.69) is 0 Å². The van der Waals surface area contributed by atoms with Crippen LogP contribution in [0.5, 0.6) is 0 Å². The molecule has 4 nitrogen and oxygen atoms in total. The number of piperidine rings is 1. The molecular formula is C17H24ClFN2O2. The number of hydrogen-bond donors (Lipinski definition) is 1. The predicted molar refractivity (Wildman–Crippen MR) is 90.1 cm³/mol. The molecule has 1 fully saturated rings. The Hall–Kier alpha value is -1.46. The van der Waals surface area contributed by atoms with E-state index in [0.29, 0.717) is 31.5 Å². The van der Waals surface area contributed by atoms with Crippen LogP contribution in [0.15, 0.2) is 24.3 Å². The molecule has 23 heavy (non-hydrogen) atoms. The summed E-state index contributed by atoms with van der Waals surface area (Å²) in [5, 5.41) is 0. The van der Waals surface area contributed by atoms with Crippen LogP contribution in [-0.4, -0.2) is 35.7 Å². The Labute approximate surface area is 142 Å². The number of nitrogens with zero attached hydrogens (tertiary/aromatic N) is 1. The first kappa shape index (κ1) is 19.6. The van der Waals surface area contributed by atoms with Crippen LogP contribution in [0.2, 0.25) is 0 Å². The molecule has 1 saturated heterocycles. The van der Waals surface area contributed by atoms with Crippen LogP contribution in [0.3, 0.4) is 0 Å². The normalized spacial score (nSPS) is 16.8. The summed E-state index contributed by atoms with van der Waals surface area (Å²) in [5.41, 5.74) is 6.43. The average molecular weight is 343 g/mol. The Morgan fingerprint density at radius 2 is 1.70 bits per heavy atom. The van der Waals surface area contributed by atoms with Crippen molar-refractivity contribution in [2.45, 2.75) is 32.7 Å². The zero-order valence-electron chi connectivity index (χ0n) is 13.5. The van der Waals surface area contributed by atoms with E-state index >= 15 is 0 Å². The maximum atomic E-state index is 12.9. The van der Waals surface area contributed by atoms with E-state index in [1.165, 1.54) is 24.3 Å². The van der Waals surface area contributed by atoms with Crippen LogP contribution in [0.4, 0.5) is 4.39 Å². The van der Waals surface area contributed by atoms with Crippen LogP contribution in [0, 0.1) is 17.7 Å². The van der Waals surface area contributed by atoms with E-state index in [9.17, 15) is 14.0 Å². The second-order valence-electron chi connectivity index (χ2n) is 6.24. The first-order chi connectivity index (χ1) is 10.4. The Balaban J connectivity index is 0.00000264. The zero-order chi connectivity index (χ0) is 16.3.